The normalized spacial score (nSPS) is 16.8. The first-order chi connectivity index (χ1) is 60.1. The number of allylic oxidation sites excluding steroid dienone is 4. The fourth-order valence-corrected chi connectivity index (χ4v) is 12.6. The van der Waals surface area contributed by atoms with Gasteiger partial charge in [0, 0.05) is 88.3 Å². The molecule has 1 saturated heterocycles. The van der Waals surface area contributed by atoms with Gasteiger partial charge < -0.3 is 120 Å². The summed E-state index contributed by atoms with van der Waals surface area (Å²) in [5.41, 5.74) is 2.32. The largest absolute Gasteiger partial charge is 0.480 e. The Labute approximate surface area is 723 Å². The summed E-state index contributed by atoms with van der Waals surface area (Å²) in [5, 5.41) is 43.6. The van der Waals surface area contributed by atoms with E-state index >= 15 is 0 Å². The maximum absolute atomic E-state index is 13.8. The number of rotatable bonds is 53. The van der Waals surface area contributed by atoms with Crippen LogP contribution in [0.4, 0.5) is 0 Å². The topological polar surface area (TPSA) is 511 Å². The average molecular weight is 1750 g/mol. The van der Waals surface area contributed by atoms with Crippen molar-refractivity contribution in [3.05, 3.63) is 108 Å². The van der Waals surface area contributed by atoms with E-state index in [0.29, 0.717) is 188 Å². The molecule has 0 aromatic heterocycles. The smallest absolute Gasteiger partial charge is 0.329 e. The van der Waals surface area contributed by atoms with Gasteiger partial charge in [0.25, 0.3) is 0 Å². The molecule has 1 aliphatic heterocycles. The number of amides is 10. The third kappa shape index (κ3) is 51.2. The number of ketones is 2. The summed E-state index contributed by atoms with van der Waals surface area (Å²) in [5.74, 6) is -7.74. The highest BCUT2D eigenvalue weighted by molar-refractivity contribution is 6.17. The molecule has 0 bridgehead atoms. The third-order valence-corrected chi connectivity index (χ3v) is 19.3. The van der Waals surface area contributed by atoms with E-state index in [1.165, 1.54) is 18.2 Å². The first kappa shape index (κ1) is 104. The van der Waals surface area contributed by atoms with Gasteiger partial charge in [0.15, 0.2) is 11.6 Å². The Kier molecular flexibility index (Phi) is 55.2. The SMILES string of the molecule is C=C(NCC(=O)O)[C@H](Cc1ccccc1)NC(=O)CNC(=O)CNC(=O)CCOCCOCCN(CCOCCOCCC(=O)NCC(=O)NCC(=O)N[C@@H](Cc1ccccc1)C(=O)NCC(=O)NCOCC(=O)O)C1CCC(NC(=O)CN2CCOCCOCCOCCN(C(=O)CCCCCC3=CC(=O)C=CC3=O)CCOCCOCCOCC2)CC1. The molecule has 1 saturated carbocycles. The Morgan fingerprint density at radius 3 is 1.43 bits per heavy atom. The van der Waals surface area contributed by atoms with Crippen LogP contribution in [-0.2, 0) is 132 Å². The van der Waals surface area contributed by atoms with Crippen LogP contribution >= 0.6 is 0 Å². The molecule has 3 aliphatic rings. The molecule has 124 heavy (non-hydrogen) atoms. The molecule has 690 valence electrons. The van der Waals surface area contributed by atoms with Crippen molar-refractivity contribution in [2.75, 3.05) is 231 Å². The highest BCUT2D eigenvalue weighted by Gasteiger charge is 2.29. The van der Waals surface area contributed by atoms with E-state index in [1.54, 1.807) is 35.2 Å². The lowest BCUT2D eigenvalue weighted by molar-refractivity contribution is -0.143. The number of carbonyl (C=O) groups excluding carboxylic acids is 12. The van der Waals surface area contributed by atoms with Gasteiger partial charge in [-0.1, -0.05) is 73.7 Å². The quantitative estimate of drug-likeness (QED) is 0.0190. The molecule has 12 N–H and O–H groups in total. The molecule has 0 radical (unpaired) electrons. The van der Waals surface area contributed by atoms with Gasteiger partial charge in [0.2, 0.25) is 59.1 Å². The summed E-state index contributed by atoms with van der Waals surface area (Å²) >= 11 is 0. The molecule has 2 atom stereocenters. The molecular formula is C84H127N13O27. The van der Waals surface area contributed by atoms with Crippen LogP contribution in [0.2, 0.25) is 0 Å². The molecule has 2 fully saturated rings. The van der Waals surface area contributed by atoms with Gasteiger partial charge in [0.1, 0.15) is 25.9 Å². The Morgan fingerprint density at radius 1 is 0.452 bits per heavy atom. The Bertz CT molecular complexity index is 3600. The number of carbonyl (C=O) groups is 14. The molecular weight excluding hydrogens is 1620 g/mol. The van der Waals surface area contributed by atoms with E-state index in [0.717, 1.165) is 24.8 Å². The van der Waals surface area contributed by atoms with Crippen molar-refractivity contribution in [3.63, 3.8) is 0 Å². The summed E-state index contributed by atoms with van der Waals surface area (Å²) in [4.78, 5) is 180. The number of nitrogens with zero attached hydrogens (tertiary/aromatic N) is 3. The van der Waals surface area contributed by atoms with E-state index in [2.05, 4.69) is 64.6 Å². The van der Waals surface area contributed by atoms with E-state index in [-0.39, 0.29) is 107 Å². The second-order valence-corrected chi connectivity index (χ2v) is 28.9. The predicted octanol–water partition coefficient (Wildman–Crippen LogP) is -2.21. The number of benzene rings is 2. The maximum atomic E-state index is 13.8. The number of ether oxygens (including phenoxy) is 11. The van der Waals surface area contributed by atoms with E-state index < -0.39 is 124 Å². The Hall–Kier alpha value is -10.1. The molecule has 40 nitrogen and oxygen atoms in total. The van der Waals surface area contributed by atoms with Crippen LogP contribution in [0.25, 0.3) is 0 Å². The number of aliphatic carboxylic acids is 2. The van der Waals surface area contributed by atoms with Gasteiger partial charge in [-0.3, -0.25) is 72.1 Å². The molecule has 2 aliphatic carbocycles. The lowest BCUT2D eigenvalue weighted by Gasteiger charge is -2.37. The predicted molar refractivity (Wildman–Crippen MR) is 447 cm³/mol. The summed E-state index contributed by atoms with van der Waals surface area (Å²) in [6, 6.07) is 16.1. The molecule has 5 rings (SSSR count). The molecule has 1 heterocycles. The number of unbranched alkanes of at least 4 members (excludes halogenated alkanes) is 2. The average Bonchev–Trinajstić information content (AvgIpc) is 0.866. The molecule has 0 unspecified atom stereocenters. The minimum absolute atomic E-state index is 0.0129. The third-order valence-electron chi connectivity index (χ3n) is 19.3. The van der Waals surface area contributed by atoms with Gasteiger partial charge in [-0.2, -0.15) is 0 Å². The molecule has 0 spiro atoms. The van der Waals surface area contributed by atoms with Crippen LogP contribution in [0, 0.1) is 0 Å². The summed E-state index contributed by atoms with van der Waals surface area (Å²) < 4.78 is 63.0. The molecule has 10 amide bonds. The van der Waals surface area contributed by atoms with E-state index in [9.17, 15) is 67.1 Å². The zero-order valence-electron chi connectivity index (χ0n) is 70.9. The number of carboxylic acid groups (broad SMARTS) is 2. The van der Waals surface area contributed by atoms with Crippen molar-refractivity contribution >= 4 is 82.6 Å². The fraction of sp³-hybridized carbons (Fsp3) is 0.619. The Morgan fingerprint density at radius 2 is 0.911 bits per heavy atom. The molecule has 2 aromatic carbocycles. The van der Waals surface area contributed by atoms with Crippen molar-refractivity contribution in [1.29, 1.82) is 0 Å². The zero-order valence-corrected chi connectivity index (χ0v) is 70.9. The van der Waals surface area contributed by atoms with Crippen LogP contribution < -0.4 is 53.2 Å². The van der Waals surface area contributed by atoms with Crippen molar-refractivity contribution in [1.82, 2.24) is 67.9 Å². The lowest BCUT2D eigenvalue weighted by atomic mass is 9.90. The second-order valence-electron chi connectivity index (χ2n) is 28.9. The number of carboxylic acids is 2. The van der Waals surface area contributed by atoms with Crippen LogP contribution in [0.5, 0.6) is 0 Å². The number of nitrogens with one attached hydrogen (secondary N) is 10. The van der Waals surface area contributed by atoms with Crippen molar-refractivity contribution < 1.29 is 129 Å². The van der Waals surface area contributed by atoms with Gasteiger partial charge in [-0.05, 0) is 80.7 Å². The lowest BCUT2D eigenvalue weighted by Crippen LogP contribution is -2.52. The van der Waals surface area contributed by atoms with Gasteiger partial charge in [-0.15, -0.1) is 0 Å². The second kappa shape index (κ2) is 65.5. The van der Waals surface area contributed by atoms with Crippen molar-refractivity contribution in [2.24, 2.45) is 0 Å². The summed E-state index contributed by atoms with van der Waals surface area (Å²) in [6.45, 7) is 8.29. The standard InChI is InChI=1S/C84H127N13O27/c1-63(85-59-82(109)110)70(51-64-11-5-2-6-12-64)93-78(105)57-88-75(102)54-86-73(100)23-31-114-39-41-118-35-27-96(28-36-119-42-40-115-32-24-74(101)87-55-76(103)89-58-79(106)94-71(52-65-13-7-3-8-14-65)84(113)90-56-77(104)91-62-124-61-83(111)112)68-19-17-67(18-20-68)92-80(107)60-95-25-33-116-43-47-122-49-45-120-37-29-97(30-38-121-46-50-123-48-44-117-34-26-95)81(108)16-10-4-9-15-66-53-69(98)21-22-72(66)99/h2-3,5-8,11-14,21-22,53,67-68,70-71,85H,1,4,9-10,15-20,23-52,54-62H2,(H,86,100)(H,87,101)(H,88,102)(H,89,103)(H,90,113)(H,91,104)(H,92,107)(H,93,105)(H,94,106)(H,109,110)(H,111,112)/t67?,68?,70-,71-/m0/s1. The van der Waals surface area contributed by atoms with Gasteiger partial charge in [0.05, 0.1) is 177 Å². The van der Waals surface area contributed by atoms with Crippen LogP contribution in [0.1, 0.15) is 81.8 Å². The molecule has 2 aromatic rings. The first-order valence-corrected chi connectivity index (χ1v) is 42.1. The zero-order chi connectivity index (χ0) is 89.4. The van der Waals surface area contributed by atoms with E-state index in [1.807, 2.05) is 35.2 Å². The fourth-order valence-electron chi connectivity index (χ4n) is 12.6. The van der Waals surface area contributed by atoms with E-state index in [4.69, 9.17) is 62.3 Å². The summed E-state index contributed by atoms with van der Waals surface area (Å²) in [6.07, 6.45) is 9.97. The minimum Gasteiger partial charge on any atom is -0.480 e. The van der Waals surface area contributed by atoms with Crippen molar-refractivity contribution in [2.45, 2.75) is 108 Å². The number of hydrogen-bond donors (Lipinski definition) is 12. The minimum atomic E-state index is -1.23. The van der Waals surface area contributed by atoms with Crippen LogP contribution in [0.3, 0.4) is 0 Å². The Balaban J connectivity index is 1.02. The number of hydrogen-bond acceptors (Lipinski definition) is 28. The maximum Gasteiger partial charge on any atom is 0.329 e. The summed E-state index contributed by atoms with van der Waals surface area (Å²) in [7, 11) is 0. The van der Waals surface area contributed by atoms with Crippen LogP contribution in [-0.4, -0.2) is 362 Å². The van der Waals surface area contributed by atoms with Gasteiger partial charge in [-0.25, -0.2) is 4.79 Å². The van der Waals surface area contributed by atoms with Gasteiger partial charge >= 0.3 is 11.9 Å². The monoisotopic (exact) mass is 1750 g/mol. The first-order valence-electron chi connectivity index (χ1n) is 42.1. The molecule has 40 heteroatoms. The van der Waals surface area contributed by atoms with Crippen molar-refractivity contribution in [3.8, 4) is 0 Å². The van der Waals surface area contributed by atoms with Crippen LogP contribution in [0.15, 0.2) is 96.7 Å². The highest BCUT2D eigenvalue weighted by atomic mass is 16.6. The highest BCUT2D eigenvalue weighted by Crippen LogP contribution is 2.24.